The van der Waals surface area contributed by atoms with Crippen LogP contribution in [0, 0.1) is 11.8 Å². The summed E-state index contributed by atoms with van der Waals surface area (Å²) >= 11 is 7.74. The van der Waals surface area contributed by atoms with E-state index < -0.39 is 0 Å². The van der Waals surface area contributed by atoms with E-state index in [-0.39, 0.29) is 11.5 Å². The van der Waals surface area contributed by atoms with Gasteiger partial charge in [0.05, 0.1) is 10.6 Å². The van der Waals surface area contributed by atoms with Crippen molar-refractivity contribution in [3.8, 4) is 11.1 Å². The largest absolute Gasteiger partial charge is 0.321 e. The topological polar surface area (TPSA) is 57.6 Å². The normalized spacial score (nSPS) is 16.2. The van der Waals surface area contributed by atoms with Crippen LogP contribution in [0.4, 0.5) is 0 Å². The van der Waals surface area contributed by atoms with Crippen LogP contribution < -0.4 is 5.56 Å². The Kier molecular flexibility index (Phi) is 6.11. The van der Waals surface area contributed by atoms with E-state index in [1.165, 1.54) is 11.8 Å². The molecule has 1 aromatic heterocycles. The molecule has 1 aliphatic rings. The number of hydrogen-bond donors (Lipinski definition) is 1. The number of rotatable bonds is 5. The number of nitrogens with zero attached hydrogens (tertiary/aromatic N) is 2. The Bertz CT molecular complexity index is 1200. The SMILES string of the molecule is CCC1C(CC(C)C)=NN=C1Sc1c(-c2ccccc2)c2cc(Cl)ccc2[nH]c1=O. The van der Waals surface area contributed by atoms with Gasteiger partial charge in [0, 0.05) is 27.4 Å². The summed E-state index contributed by atoms with van der Waals surface area (Å²) in [5, 5.41) is 11.4. The van der Waals surface area contributed by atoms with Crippen molar-refractivity contribution in [3.63, 3.8) is 0 Å². The second-order valence-corrected chi connectivity index (χ2v) is 9.37. The van der Waals surface area contributed by atoms with E-state index >= 15 is 0 Å². The summed E-state index contributed by atoms with van der Waals surface area (Å²) in [4.78, 5) is 16.8. The molecule has 3 aromatic rings. The van der Waals surface area contributed by atoms with Crippen molar-refractivity contribution in [2.24, 2.45) is 22.0 Å². The minimum Gasteiger partial charge on any atom is -0.321 e. The molecular formula is C24H24ClN3OS. The molecule has 1 atom stereocenters. The molecule has 0 radical (unpaired) electrons. The lowest BCUT2D eigenvalue weighted by molar-refractivity contribution is 0.666. The molecule has 2 aromatic carbocycles. The zero-order valence-corrected chi connectivity index (χ0v) is 18.8. The number of pyridine rings is 1. The molecule has 0 saturated carbocycles. The van der Waals surface area contributed by atoms with E-state index in [9.17, 15) is 4.79 Å². The van der Waals surface area contributed by atoms with Gasteiger partial charge in [0.15, 0.2) is 0 Å². The summed E-state index contributed by atoms with van der Waals surface area (Å²) in [5.74, 6) is 0.680. The summed E-state index contributed by atoms with van der Waals surface area (Å²) in [6, 6.07) is 15.5. The molecule has 6 heteroatoms. The molecule has 1 unspecified atom stereocenters. The first-order valence-corrected chi connectivity index (χ1v) is 11.4. The van der Waals surface area contributed by atoms with Crippen molar-refractivity contribution in [1.29, 1.82) is 0 Å². The van der Waals surface area contributed by atoms with Crippen molar-refractivity contribution in [1.82, 2.24) is 4.98 Å². The Labute approximate surface area is 185 Å². The van der Waals surface area contributed by atoms with E-state index in [4.69, 9.17) is 11.6 Å². The first-order chi connectivity index (χ1) is 14.5. The number of benzene rings is 2. The van der Waals surface area contributed by atoms with Crippen LogP contribution in [0.15, 0.2) is 68.4 Å². The summed E-state index contributed by atoms with van der Waals surface area (Å²) < 4.78 is 0. The fourth-order valence-electron chi connectivity index (χ4n) is 3.84. The molecule has 30 heavy (non-hydrogen) atoms. The molecule has 0 saturated heterocycles. The lowest BCUT2D eigenvalue weighted by Gasteiger charge is -2.17. The van der Waals surface area contributed by atoms with Crippen molar-refractivity contribution in [2.45, 2.75) is 38.5 Å². The van der Waals surface area contributed by atoms with Gasteiger partial charge in [0.25, 0.3) is 5.56 Å². The Hall–Kier alpha value is -2.37. The summed E-state index contributed by atoms with van der Waals surface area (Å²) in [7, 11) is 0. The van der Waals surface area contributed by atoms with Gasteiger partial charge in [-0.3, -0.25) is 4.79 Å². The molecule has 0 bridgehead atoms. The van der Waals surface area contributed by atoms with E-state index in [1.54, 1.807) is 6.07 Å². The molecular weight excluding hydrogens is 414 g/mol. The summed E-state index contributed by atoms with van der Waals surface area (Å²) in [6.45, 7) is 6.52. The van der Waals surface area contributed by atoms with Gasteiger partial charge in [-0.05, 0) is 42.5 Å². The third-order valence-corrected chi connectivity index (χ3v) is 6.61. The maximum absolute atomic E-state index is 13.2. The minimum absolute atomic E-state index is 0.122. The minimum atomic E-state index is -0.122. The van der Waals surface area contributed by atoms with Crippen LogP contribution in [0.2, 0.25) is 5.02 Å². The number of fused-ring (bicyclic) bond motifs is 1. The third kappa shape index (κ3) is 4.09. The second-order valence-electron chi connectivity index (χ2n) is 7.90. The number of thioether (sulfide) groups is 1. The standard InChI is InChI=1S/C24H24ClN3OS/c1-4-17-20(12-14(2)3)27-28-24(17)30-22-21(15-8-6-5-7-9-15)18-13-16(25)10-11-19(18)26-23(22)29/h5-11,13-14,17H,4,12H2,1-3H3,(H,26,29). The number of aromatic amines is 1. The van der Waals surface area contributed by atoms with Crippen molar-refractivity contribution >= 4 is 45.0 Å². The van der Waals surface area contributed by atoms with Gasteiger partial charge < -0.3 is 4.98 Å². The maximum Gasteiger partial charge on any atom is 0.263 e. The zero-order chi connectivity index (χ0) is 21.3. The lowest BCUT2D eigenvalue weighted by Crippen LogP contribution is -2.20. The Morgan fingerprint density at radius 1 is 1.13 bits per heavy atom. The van der Waals surface area contributed by atoms with Crippen LogP contribution >= 0.6 is 23.4 Å². The van der Waals surface area contributed by atoms with E-state index in [0.717, 1.165) is 45.6 Å². The highest BCUT2D eigenvalue weighted by Gasteiger charge is 2.29. The molecule has 0 fully saturated rings. The third-order valence-electron chi connectivity index (χ3n) is 5.20. The van der Waals surface area contributed by atoms with Crippen LogP contribution in [-0.2, 0) is 0 Å². The molecule has 0 amide bonds. The predicted molar refractivity (Wildman–Crippen MR) is 129 cm³/mol. The number of H-pyrrole nitrogens is 1. The predicted octanol–water partition coefficient (Wildman–Crippen LogP) is 6.78. The Morgan fingerprint density at radius 2 is 1.90 bits per heavy atom. The molecule has 1 aliphatic heterocycles. The molecule has 2 heterocycles. The number of aromatic nitrogens is 1. The zero-order valence-electron chi connectivity index (χ0n) is 17.3. The van der Waals surface area contributed by atoms with Gasteiger partial charge >= 0.3 is 0 Å². The lowest BCUT2D eigenvalue weighted by atomic mass is 9.95. The molecule has 1 N–H and O–H groups in total. The van der Waals surface area contributed by atoms with Crippen molar-refractivity contribution < 1.29 is 0 Å². The van der Waals surface area contributed by atoms with Crippen molar-refractivity contribution in [2.75, 3.05) is 0 Å². The smallest absolute Gasteiger partial charge is 0.263 e. The summed E-state index contributed by atoms with van der Waals surface area (Å²) in [5.41, 5.74) is 3.62. The maximum atomic E-state index is 13.2. The van der Waals surface area contributed by atoms with Crippen LogP contribution in [-0.4, -0.2) is 15.7 Å². The van der Waals surface area contributed by atoms with Crippen LogP contribution in [0.3, 0.4) is 0 Å². The Morgan fingerprint density at radius 3 is 2.60 bits per heavy atom. The van der Waals surface area contributed by atoms with Gasteiger partial charge in [-0.15, -0.1) is 5.10 Å². The van der Waals surface area contributed by atoms with Gasteiger partial charge in [-0.2, -0.15) is 5.10 Å². The highest BCUT2D eigenvalue weighted by atomic mass is 35.5. The molecule has 0 aliphatic carbocycles. The molecule has 4 rings (SSSR count). The number of nitrogens with one attached hydrogen (secondary N) is 1. The van der Waals surface area contributed by atoms with E-state index in [2.05, 4.69) is 36.0 Å². The van der Waals surface area contributed by atoms with Gasteiger partial charge in [-0.1, -0.05) is 74.5 Å². The molecule has 0 spiro atoms. The first-order valence-electron chi connectivity index (χ1n) is 10.2. The monoisotopic (exact) mass is 437 g/mol. The highest BCUT2D eigenvalue weighted by molar-refractivity contribution is 8.14. The van der Waals surface area contributed by atoms with Crippen LogP contribution in [0.1, 0.15) is 33.6 Å². The quantitative estimate of drug-likeness (QED) is 0.478. The molecule has 154 valence electrons. The first kappa shape index (κ1) is 20.9. The van der Waals surface area contributed by atoms with Crippen molar-refractivity contribution in [3.05, 3.63) is 63.9 Å². The van der Waals surface area contributed by atoms with Gasteiger partial charge in [-0.25, -0.2) is 0 Å². The number of halogens is 1. The van der Waals surface area contributed by atoms with E-state index in [0.29, 0.717) is 15.8 Å². The molecule has 4 nitrogen and oxygen atoms in total. The average molecular weight is 438 g/mol. The highest BCUT2D eigenvalue weighted by Crippen LogP contribution is 2.38. The van der Waals surface area contributed by atoms with Crippen LogP contribution in [0.5, 0.6) is 0 Å². The number of hydrogen-bond acceptors (Lipinski definition) is 4. The summed E-state index contributed by atoms with van der Waals surface area (Å²) in [6.07, 6.45) is 1.83. The van der Waals surface area contributed by atoms with Gasteiger partial charge in [0.1, 0.15) is 5.04 Å². The van der Waals surface area contributed by atoms with Gasteiger partial charge in [0.2, 0.25) is 0 Å². The fourth-order valence-corrected chi connectivity index (χ4v) is 5.22. The average Bonchev–Trinajstić information content (AvgIpc) is 3.10. The van der Waals surface area contributed by atoms with Crippen LogP contribution in [0.25, 0.3) is 22.0 Å². The Balaban J connectivity index is 1.84. The van der Waals surface area contributed by atoms with E-state index in [1.807, 2.05) is 42.5 Å². The fraction of sp³-hybridized carbons (Fsp3) is 0.292. The second kappa shape index (κ2) is 8.78.